The van der Waals surface area contributed by atoms with Gasteiger partial charge in [0.15, 0.2) is 0 Å². The van der Waals surface area contributed by atoms with E-state index in [1.54, 1.807) is 12.1 Å². The number of phenols is 1. The van der Waals surface area contributed by atoms with Gasteiger partial charge in [-0.3, -0.25) is 0 Å². The van der Waals surface area contributed by atoms with E-state index < -0.39 is 0 Å². The molecular formula is C25H20N4O2. The number of hydrogen-bond acceptors (Lipinski definition) is 6. The number of benzene rings is 3. The van der Waals surface area contributed by atoms with Crippen molar-refractivity contribution < 1.29 is 9.63 Å². The fraction of sp³-hybridized carbons (Fsp3) is 0.160. The number of nitrogens with one attached hydrogen (secondary N) is 1. The van der Waals surface area contributed by atoms with E-state index in [0.29, 0.717) is 17.3 Å². The average molecular weight is 408 g/mol. The monoisotopic (exact) mass is 408 g/mol. The van der Waals surface area contributed by atoms with Crippen molar-refractivity contribution in [1.29, 1.82) is 5.26 Å². The second kappa shape index (κ2) is 8.05. The Labute approximate surface area is 179 Å². The average Bonchev–Trinajstić information content (AvgIpc) is 3.46. The standard InChI is InChI=1S/C25H20N4O2/c26-14-18-13-17(9-12-23(18)30)25-28-24(29-31-25)21-8-4-7-20-19(21)10-11-22(20)27-15-16-5-2-1-3-6-16/h1-9,12-13,22,27,30H,10-11,15H2/t22-/m0/s1. The molecule has 0 aliphatic heterocycles. The summed E-state index contributed by atoms with van der Waals surface area (Å²) < 4.78 is 5.47. The fourth-order valence-corrected chi connectivity index (χ4v) is 4.12. The first-order valence-corrected chi connectivity index (χ1v) is 10.2. The minimum atomic E-state index is -0.0686. The molecule has 6 heteroatoms. The molecule has 0 amide bonds. The zero-order chi connectivity index (χ0) is 21.2. The van der Waals surface area contributed by atoms with Crippen molar-refractivity contribution in [2.45, 2.75) is 25.4 Å². The molecule has 1 aromatic heterocycles. The quantitative estimate of drug-likeness (QED) is 0.494. The summed E-state index contributed by atoms with van der Waals surface area (Å²) in [5.74, 6) is 0.781. The van der Waals surface area contributed by atoms with E-state index in [-0.39, 0.29) is 17.4 Å². The minimum Gasteiger partial charge on any atom is -0.507 e. The number of fused-ring (bicyclic) bond motifs is 1. The predicted octanol–water partition coefficient (Wildman–Crippen LogP) is 4.76. The van der Waals surface area contributed by atoms with E-state index in [1.165, 1.54) is 22.8 Å². The summed E-state index contributed by atoms with van der Waals surface area (Å²) in [6, 6.07) is 23.5. The Hall–Kier alpha value is -3.95. The van der Waals surface area contributed by atoms with E-state index >= 15 is 0 Å². The highest BCUT2D eigenvalue weighted by Crippen LogP contribution is 2.37. The molecule has 0 bridgehead atoms. The second-order valence-electron chi connectivity index (χ2n) is 7.60. The van der Waals surface area contributed by atoms with Crippen molar-refractivity contribution in [3.05, 3.63) is 89.0 Å². The zero-order valence-corrected chi connectivity index (χ0v) is 16.7. The molecule has 0 saturated heterocycles. The van der Waals surface area contributed by atoms with Gasteiger partial charge in [-0.15, -0.1) is 0 Å². The van der Waals surface area contributed by atoms with Crippen LogP contribution in [0.2, 0.25) is 0 Å². The van der Waals surface area contributed by atoms with Crippen molar-refractivity contribution in [3.63, 3.8) is 0 Å². The van der Waals surface area contributed by atoms with Crippen LogP contribution in [0.25, 0.3) is 22.8 Å². The van der Waals surface area contributed by atoms with Crippen LogP contribution in [0.1, 0.15) is 34.7 Å². The van der Waals surface area contributed by atoms with Crippen LogP contribution in [0.3, 0.4) is 0 Å². The summed E-state index contributed by atoms with van der Waals surface area (Å²) in [5, 5.41) is 26.7. The van der Waals surface area contributed by atoms with Gasteiger partial charge in [0, 0.05) is 23.7 Å². The lowest BCUT2D eigenvalue weighted by molar-refractivity contribution is 0.432. The maximum Gasteiger partial charge on any atom is 0.258 e. The van der Waals surface area contributed by atoms with E-state index in [9.17, 15) is 5.11 Å². The molecule has 152 valence electrons. The van der Waals surface area contributed by atoms with Crippen molar-refractivity contribution in [2.75, 3.05) is 0 Å². The molecular weight excluding hydrogens is 388 g/mol. The Morgan fingerprint density at radius 1 is 1.10 bits per heavy atom. The lowest BCUT2D eigenvalue weighted by Gasteiger charge is -2.14. The van der Waals surface area contributed by atoms with E-state index in [0.717, 1.165) is 24.9 Å². The molecule has 1 aliphatic rings. The smallest absolute Gasteiger partial charge is 0.258 e. The van der Waals surface area contributed by atoms with Gasteiger partial charge in [-0.25, -0.2) is 0 Å². The summed E-state index contributed by atoms with van der Waals surface area (Å²) in [7, 11) is 0. The molecule has 0 fully saturated rings. The molecule has 3 aromatic carbocycles. The third kappa shape index (κ3) is 3.67. The number of aromatic hydroxyl groups is 1. The van der Waals surface area contributed by atoms with Crippen molar-refractivity contribution >= 4 is 0 Å². The molecule has 6 nitrogen and oxygen atoms in total. The highest BCUT2D eigenvalue weighted by Gasteiger charge is 2.26. The van der Waals surface area contributed by atoms with Gasteiger partial charge in [-0.1, -0.05) is 53.7 Å². The summed E-state index contributed by atoms with van der Waals surface area (Å²) in [6.07, 6.45) is 1.97. The van der Waals surface area contributed by atoms with Crippen LogP contribution in [-0.2, 0) is 13.0 Å². The summed E-state index contributed by atoms with van der Waals surface area (Å²) >= 11 is 0. The number of aromatic nitrogens is 2. The van der Waals surface area contributed by atoms with Gasteiger partial charge < -0.3 is 14.9 Å². The first-order valence-electron chi connectivity index (χ1n) is 10.2. The third-order valence-corrected chi connectivity index (χ3v) is 5.70. The number of nitrogens with zero attached hydrogens (tertiary/aromatic N) is 3. The molecule has 4 aromatic rings. The lowest BCUT2D eigenvalue weighted by atomic mass is 10.0. The molecule has 0 saturated carbocycles. The van der Waals surface area contributed by atoms with Crippen molar-refractivity contribution in [2.24, 2.45) is 0 Å². The van der Waals surface area contributed by atoms with Gasteiger partial charge in [0.2, 0.25) is 5.82 Å². The molecule has 2 N–H and O–H groups in total. The highest BCUT2D eigenvalue weighted by molar-refractivity contribution is 5.67. The van der Waals surface area contributed by atoms with Gasteiger partial charge in [0.1, 0.15) is 11.8 Å². The van der Waals surface area contributed by atoms with Crippen LogP contribution >= 0.6 is 0 Å². The van der Waals surface area contributed by atoms with Crippen LogP contribution in [0.5, 0.6) is 5.75 Å². The Balaban J connectivity index is 1.40. The van der Waals surface area contributed by atoms with Crippen molar-refractivity contribution in [1.82, 2.24) is 15.5 Å². The Morgan fingerprint density at radius 2 is 1.97 bits per heavy atom. The molecule has 31 heavy (non-hydrogen) atoms. The number of rotatable bonds is 5. The molecule has 1 heterocycles. The predicted molar refractivity (Wildman–Crippen MR) is 116 cm³/mol. The van der Waals surface area contributed by atoms with Gasteiger partial charge in [-0.2, -0.15) is 10.2 Å². The molecule has 5 rings (SSSR count). The summed E-state index contributed by atoms with van der Waals surface area (Å²) in [4.78, 5) is 4.56. The van der Waals surface area contributed by atoms with Crippen LogP contribution in [0.15, 0.2) is 71.3 Å². The van der Waals surface area contributed by atoms with E-state index in [2.05, 4.69) is 45.8 Å². The number of phenolic OH excluding ortho intramolecular Hbond substituents is 1. The van der Waals surface area contributed by atoms with Crippen LogP contribution in [0, 0.1) is 11.3 Å². The normalized spacial score (nSPS) is 14.9. The molecule has 1 aliphatic carbocycles. The first-order chi connectivity index (χ1) is 15.2. The zero-order valence-electron chi connectivity index (χ0n) is 16.7. The van der Waals surface area contributed by atoms with Crippen molar-refractivity contribution in [3.8, 4) is 34.7 Å². The minimum absolute atomic E-state index is 0.0686. The largest absolute Gasteiger partial charge is 0.507 e. The SMILES string of the molecule is N#Cc1cc(-c2nc(-c3cccc4c3CC[C@@H]4NCc3ccccc3)no2)ccc1O. The molecule has 0 unspecified atom stereocenters. The highest BCUT2D eigenvalue weighted by atomic mass is 16.5. The number of hydrogen-bond donors (Lipinski definition) is 2. The maximum absolute atomic E-state index is 9.72. The summed E-state index contributed by atoms with van der Waals surface area (Å²) in [5.41, 5.74) is 5.52. The maximum atomic E-state index is 9.72. The first kappa shape index (κ1) is 19.0. The van der Waals surface area contributed by atoms with E-state index in [1.807, 2.05) is 24.3 Å². The Bertz CT molecular complexity index is 1270. The van der Waals surface area contributed by atoms with Crippen LogP contribution in [-0.4, -0.2) is 15.2 Å². The second-order valence-corrected chi connectivity index (χ2v) is 7.60. The number of nitriles is 1. The van der Waals surface area contributed by atoms with Gasteiger partial charge in [0.25, 0.3) is 5.89 Å². The summed E-state index contributed by atoms with van der Waals surface area (Å²) in [6.45, 7) is 0.823. The van der Waals surface area contributed by atoms with Crippen LogP contribution < -0.4 is 5.32 Å². The molecule has 0 radical (unpaired) electrons. The fourth-order valence-electron chi connectivity index (χ4n) is 4.12. The van der Waals surface area contributed by atoms with E-state index in [4.69, 9.17) is 9.78 Å². The van der Waals surface area contributed by atoms with Gasteiger partial charge in [0.05, 0.1) is 5.56 Å². The lowest BCUT2D eigenvalue weighted by Crippen LogP contribution is -2.18. The molecule has 0 spiro atoms. The van der Waals surface area contributed by atoms with Gasteiger partial charge in [-0.05, 0) is 47.7 Å². The van der Waals surface area contributed by atoms with Gasteiger partial charge >= 0.3 is 0 Å². The van der Waals surface area contributed by atoms with Crippen LogP contribution in [0.4, 0.5) is 0 Å². The third-order valence-electron chi connectivity index (χ3n) is 5.70. The topological polar surface area (TPSA) is 95.0 Å². The Morgan fingerprint density at radius 3 is 2.81 bits per heavy atom. The molecule has 1 atom stereocenters. The Kier molecular flexibility index (Phi) is 4.95.